The van der Waals surface area contributed by atoms with Gasteiger partial charge in [0.1, 0.15) is 17.6 Å². The summed E-state index contributed by atoms with van der Waals surface area (Å²) in [5.41, 5.74) is -0.223. The van der Waals surface area contributed by atoms with Crippen LogP contribution in [0.2, 0.25) is 0 Å². The Hall–Kier alpha value is -3.30. The van der Waals surface area contributed by atoms with E-state index in [0.29, 0.717) is 57.8 Å². The Balaban J connectivity index is 1.38. The van der Waals surface area contributed by atoms with Crippen LogP contribution in [-0.4, -0.2) is 90.2 Å². The summed E-state index contributed by atoms with van der Waals surface area (Å²) < 4.78 is 25.3. The van der Waals surface area contributed by atoms with Crippen LogP contribution in [-0.2, 0) is 14.3 Å². The Kier molecular flexibility index (Phi) is 6.53. The molecule has 2 aromatic carbocycles. The maximum absolute atomic E-state index is 13.7. The molecule has 5 rings (SSSR count). The summed E-state index contributed by atoms with van der Waals surface area (Å²) in [6, 6.07) is 13.7. The minimum absolute atomic E-state index is 0.104. The van der Waals surface area contributed by atoms with Crippen LogP contribution in [0.25, 0.3) is 0 Å². The van der Waals surface area contributed by atoms with Crippen LogP contribution in [0.3, 0.4) is 0 Å². The number of nitrogens with zero attached hydrogens (tertiary/aromatic N) is 3. The molecule has 3 heterocycles. The van der Waals surface area contributed by atoms with Crippen LogP contribution >= 0.6 is 0 Å². The number of ether oxygens (including phenoxy) is 2. The minimum atomic E-state index is -0.988. The molecule has 3 saturated heterocycles. The molecule has 3 aliphatic rings. The molecule has 0 radical (unpaired) electrons. The topological polar surface area (TPSA) is 79.4 Å². The van der Waals surface area contributed by atoms with Gasteiger partial charge in [-0.05, 0) is 30.3 Å². The van der Waals surface area contributed by atoms with E-state index in [2.05, 4.69) is 0 Å². The zero-order valence-electron chi connectivity index (χ0n) is 19.4. The summed E-state index contributed by atoms with van der Waals surface area (Å²) in [5, 5.41) is 0. The van der Waals surface area contributed by atoms with Gasteiger partial charge in [-0.25, -0.2) is 4.39 Å². The maximum Gasteiger partial charge on any atom is 0.256 e. The highest BCUT2D eigenvalue weighted by molar-refractivity contribution is 5.98. The van der Waals surface area contributed by atoms with Gasteiger partial charge in [0, 0.05) is 50.1 Å². The molecule has 0 aromatic heterocycles. The van der Waals surface area contributed by atoms with Crippen molar-refractivity contribution in [3.8, 4) is 0 Å². The lowest BCUT2D eigenvalue weighted by atomic mass is 9.96. The Morgan fingerprint density at radius 2 is 1.51 bits per heavy atom. The van der Waals surface area contributed by atoms with E-state index in [1.165, 1.54) is 18.2 Å². The summed E-state index contributed by atoms with van der Waals surface area (Å²) in [7, 11) is 0. The zero-order valence-corrected chi connectivity index (χ0v) is 19.4. The molecule has 0 N–H and O–H groups in total. The van der Waals surface area contributed by atoms with E-state index in [-0.39, 0.29) is 29.9 Å². The normalized spacial score (nSPS) is 21.9. The van der Waals surface area contributed by atoms with E-state index in [4.69, 9.17) is 9.47 Å². The van der Waals surface area contributed by atoms with Crippen molar-refractivity contribution in [3.05, 3.63) is 71.5 Å². The van der Waals surface area contributed by atoms with Crippen LogP contribution in [0, 0.1) is 5.82 Å². The summed E-state index contributed by atoms with van der Waals surface area (Å²) in [6.07, 6.45) is 0.721. The molecule has 1 spiro atoms. The molecular formula is C26H28FN3O5. The van der Waals surface area contributed by atoms with Crippen LogP contribution in [0.1, 0.15) is 33.6 Å². The van der Waals surface area contributed by atoms with Crippen molar-refractivity contribution in [2.24, 2.45) is 0 Å². The summed E-state index contributed by atoms with van der Waals surface area (Å²) in [4.78, 5) is 45.1. The molecular weight excluding hydrogens is 453 g/mol. The van der Waals surface area contributed by atoms with Crippen LogP contribution in [0.15, 0.2) is 54.6 Å². The van der Waals surface area contributed by atoms with Gasteiger partial charge >= 0.3 is 0 Å². The van der Waals surface area contributed by atoms with Crippen molar-refractivity contribution in [2.45, 2.75) is 24.6 Å². The van der Waals surface area contributed by atoms with Crippen LogP contribution in [0.4, 0.5) is 4.39 Å². The second kappa shape index (κ2) is 9.75. The number of halogens is 1. The summed E-state index contributed by atoms with van der Waals surface area (Å²) >= 11 is 0. The number of piperidine rings is 1. The van der Waals surface area contributed by atoms with Gasteiger partial charge in [-0.3, -0.25) is 19.3 Å². The molecule has 3 aliphatic heterocycles. The lowest BCUT2D eigenvalue weighted by Gasteiger charge is -2.45. The number of benzene rings is 2. The first kappa shape index (κ1) is 23.4. The average molecular weight is 482 g/mol. The predicted molar refractivity (Wildman–Crippen MR) is 124 cm³/mol. The van der Waals surface area contributed by atoms with Gasteiger partial charge in [-0.15, -0.1) is 0 Å². The lowest BCUT2D eigenvalue weighted by molar-refractivity contribution is -0.141. The molecule has 9 heteroatoms. The number of hydrogen-bond donors (Lipinski definition) is 0. The zero-order chi connectivity index (χ0) is 24.4. The number of morpholine rings is 1. The summed E-state index contributed by atoms with van der Waals surface area (Å²) in [5.74, 6) is -1.14. The number of likely N-dealkylation sites (tertiary alicyclic amines) is 1. The van der Waals surface area contributed by atoms with E-state index in [1.54, 1.807) is 45.0 Å². The quantitative estimate of drug-likeness (QED) is 0.672. The average Bonchev–Trinajstić information content (AvgIpc) is 3.27. The van der Waals surface area contributed by atoms with Gasteiger partial charge < -0.3 is 19.3 Å². The van der Waals surface area contributed by atoms with Gasteiger partial charge in [-0.2, -0.15) is 0 Å². The standard InChI is InChI=1S/C26H28FN3O5/c27-21-8-4-7-20(17-21)23(31)28-11-9-26(10-12-28)30(24(32)19-5-2-1-3-6-19)22(18-35-26)25(33)29-13-15-34-16-14-29/h1-8,17,22H,9-16,18H2/t22-/m0/s1. The molecule has 35 heavy (non-hydrogen) atoms. The summed E-state index contributed by atoms with van der Waals surface area (Å²) in [6.45, 7) is 2.64. The fourth-order valence-corrected chi connectivity index (χ4v) is 5.13. The molecule has 0 bridgehead atoms. The largest absolute Gasteiger partial charge is 0.378 e. The first-order chi connectivity index (χ1) is 17.0. The molecule has 0 saturated carbocycles. The van der Waals surface area contributed by atoms with Crippen molar-refractivity contribution < 1.29 is 28.2 Å². The van der Waals surface area contributed by atoms with Gasteiger partial charge in [0.2, 0.25) is 5.91 Å². The highest BCUT2D eigenvalue weighted by Gasteiger charge is 2.55. The first-order valence-corrected chi connectivity index (χ1v) is 11.9. The monoisotopic (exact) mass is 481 g/mol. The van der Waals surface area contributed by atoms with E-state index >= 15 is 0 Å². The molecule has 1 atom stereocenters. The third-order valence-corrected chi connectivity index (χ3v) is 7.01. The Morgan fingerprint density at radius 3 is 2.20 bits per heavy atom. The van der Waals surface area contributed by atoms with Crippen molar-refractivity contribution in [1.29, 1.82) is 0 Å². The molecule has 0 unspecified atom stereocenters. The number of hydrogen-bond acceptors (Lipinski definition) is 5. The Bertz CT molecular complexity index is 1100. The molecule has 3 amide bonds. The molecule has 2 aromatic rings. The number of rotatable bonds is 3. The number of carbonyl (C=O) groups excluding carboxylic acids is 3. The highest BCUT2D eigenvalue weighted by Crippen LogP contribution is 2.39. The molecule has 8 nitrogen and oxygen atoms in total. The predicted octanol–water partition coefficient (Wildman–Crippen LogP) is 2.16. The van der Waals surface area contributed by atoms with E-state index < -0.39 is 17.6 Å². The number of amides is 3. The van der Waals surface area contributed by atoms with E-state index in [1.807, 2.05) is 6.07 Å². The Morgan fingerprint density at radius 1 is 0.829 bits per heavy atom. The van der Waals surface area contributed by atoms with Crippen molar-refractivity contribution >= 4 is 17.7 Å². The van der Waals surface area contributed by atoms with Gasteiger partial charge in [0.05, 0.1) is 19.8 Å². The fourth-order valence-electron chi connectivity index (χ4n) is 5.13. The fraction of sp³-hybridized carbons (Fsp3) is 0.423. The van der Waals surface area contributed by atoms with Gasteiger partial charge in [0.15, 0.2) is 0 Å². The SMILES string of the molecule is O=C(c1cccc(F)c1)N1CCC2(CC1)OC[C@@H](C(=O)N1CCOCC1)N2C(=O)c1ccccc1. The van der Waals surface area contributed by atoms with Crippen molar-refractivity contribution in [3.63, 3.8) is 0 Å². The third-order valence-electron chi connectivity index (χ3n) is 7.01. The second-order valence-electron chi connectivity index (χ2n) is 9.05. The van der Waals surface area contributed by atoms with Crippen molar-refractivity contribution in [1.82, 2.24) is 14.7 Å². The first-order valence-electron chi connectivity index (χ1n) is 11.9. The van der Waals surface area contributed by atoms with Gasteiger partial charge in [0.25, 0.3) is 11.8 Å². The lowest BCUT2D eigenvalue weighted by Crippen LogP contribution is -2.60. The molecule has 3 fully saturated rings. The third kappa shape index (κ3) is 4.53. The maximum atomic E-state index is 13.7. The van der Waals surface area contributed by atoms with Crippen LogP contribution in [0.5, 0.6) is 0 Å². The number of carbonyl (C=O) groups is 3. The van der Waals surface area contributed by atoms with Crippen LogP contribution < -0.4 is 0 Å². The van der Waals surface area contributed by atoms with E-state index in [9.17, 15) is 18.8 Å². The highest BCUT2D eigenvalue weighted by atomic mass is 19.1. The van der Waals surface area contributed by atoms with Gasteiger partial charge in [-0.1, -0.05) is 24.3 Å². The second-order valence-corrected chi connectivity index (χ2v) is 9.05. The molecule has 184 valence electrons. The van der Waals surface area contributed by atoms with E-state index in [0.717, 1.165) is 0 Å². The Labute approximate surface area is 203 Å². The molecule has 0 aliphatic carbocycles. The smallest absolute Gasteiger partial charge is 0.256 e. The van der Waals surface area contributed by atoms with Crippen molar-refractivity contribution in [2.75, 3.05) is 46.0 Å². The minimum Gasteiger partial charge on any atom is -0.378 e.